The quantitative estimate of drug-likeness (QED) is 0.544. The standard InChI is InChI=1S/C23H27ClN2O5S/c24-19-4-6-20(7-5-19)30-15-2-1-3-23(27)25-11-13-26(14-12-25)32(28,29)21-8-9-22-18(17-21)10-16-31-22/h4-9,17H,1-3,10-16H2. The fraction of sp³-hybridized carbons (Fsp3) is 0.435. The van der Waals surface area contributed by atoms with E-state index >= 15 is 0 Å². The van der Waals surface area contributed by atoms with E-state index in [1.165, 1.54) is 4.31 Å². The van der Waals surface area contributed by atoms with Gasteiger partial charge >= 0.3 is 0 Å². The molecule has 9 heteroatoms. The molecule has 0 spiro atoms. The van der Waals surface area contributed by atoms with Gasteiger partial charge in [-0.25, -0.2) is 8.42 Å². The summed E-state index contributed by atoms with van der Waals surface area (Å²) >= 11 is 5.85. The van der Waals surface area contributed by atoms with E-state index in [0.29, 0.717) is 55.7 Å². The molecule has 0 aromatic heterocycles. The van der Waals surface area contributed by atoms with Crippen LogP contribution in [0.25, 0.3) is 0 Å². The Morgan fingerprint density at radius 3 is 2.53 bits per heavy atom. The van der Waals surface area contributed by atoms with Crippen LogP contribution in [-0.2, 0) is 21.2 Å². The number of amides is 1. The number of carbonyl (C=O) groups excluding carboxylic acids is 1. The molecular weight excluding hydrogens is 452 g/mol. The van der Waals surface area contributed by atoms with Gasteiger partial charge in [0.25, 0.3) is 0 Å². The number of halogens is 1. The predicted molar refractivity (Wildman–Crippen MR) is 122 cm³/mol. The van der Waals surface area contributed by atoms with Gasteiger partial charge in [-0.15, -0.1) is 0 Å². The maximum Gasteiger partial charge on any atom is 0.243 e. The third-order valence-electron chi connectivity index (χ3n) is 5.76. The number of hydrogen-bond acceptors (Lipinski definition) is 5. The molecule has 0 atom stereocenters. The molecule has 0 saturated carbocycles. The van der Waals surface area contributed by atoms with Crippen molar-refractivity contribution < 1.29 is 22.7 Å². The Morgan fingerprint density at radius 2 is 1.78 bits per heavy atom. The van der Waals surface area contributed by atoms with Crippen LogP contribution in [0.5, 0.6) is 11.5 Å². The van der Waals surface area contributed by atoms with Crippen LogP contribution in [0.4, 0.5) is 0 Å². The lowest BCUT2D eigenvalue weighted by atomic mass is 10.2. The third kappa shape index (κ3) is 5.36. The maximum atomic E-state index is 13.0. The second kappa shape index (κ2) is 10.1. The lowest BCUT2D eigenvalue weighted by Gasteiger charge is -2.34. The van der Waals surface area contributed by atoms with E-state index in [9.17, 15) is 13.2 Å². The fourth-order valence-corrected chi connectivity index (χ4v) is 5.51. The number of ether oxygens (including phenoxy) is 2. The highest BCUT2D eigenvalue weighted by atomic mass is 35.5. The first-order chi connectivity index (χ1) is 15.4. The smallest absolute Gasteiger partial charge is 0.243 e. The highest BCUT2D eigenvalue weighted by Gasteiger charge is 2.30. The molecule has 2 aliphatic rings. The molecule has 7 nitrogen and oxygen atoms in total. The number of nitrogens with zero attached hydrogens (tertiary/aromatic N) is 2. The minimum atomic E-state index is -3.57. The molecule has 172 valence electrons. The van der Waals surface area contributed by atoms with Gasteiger partial charge in [-0.05, 0) is 60.9 Å². The minimum Gasteiger partial charge on any atom is -0.494 e. The average molecular weight is 479 g/mol. The SMILES string of the molecule is O=C(CCCCOc1ccc(Cl)cc1)N1CCN(S(=O)(=O)c2ccc3c(c2)CCO3)CC1. The van der Waals surface area contributed by atoms with E-state index in [1.807, 2.05) is 12.1 Å². The van der Waals surface area contributed by atoms with Crippen molar-refractivity contribution in [2.24, 2.45) is 0 Å². The summed E-state index contributed by atoms with van der Waals surface area (Å²) in [6.45, 7) is 2.56. The Bertz CT molecular complexity index is 1050. The summed E-state index contributed by atoms with van der Waals surface area (Å²) in [6.07, 6.45) is 2.65. The summed E-state index contributed by atoms with van der Waals surface area (Å²) in [5, 5.41) is 0.665. The second-order valence-corrected chi connectivity index (χ2v) is 10.3. The van der Waals surface area contributed by atoms with Gasteiger partial charge in [0.1, 0.15) is 11.5 Å². The molecule has 2 aliphatic heterocycles. The topological polar surface area (TPSA) is 76.2 Å². The molecule has 2 aromatic carbocycles. The zero-order valence-electron chi connectivity index (χ0n) is 17.8. The predicted octanol–water partition coefficient (Wildman–Crippen LogP) is 3.36. The van der Waals surface area contributed by atoms with Gasteiger partial charge in [0.05, 0.1) is 18.1 Å². The second-order valence-electron chi connectivity index (χ2n) is 7.91. The normalized spacial score (nSPS) is 16.5. The first-order valence-electron chi connectivity index (χ1n) is 10.9. The van der Waals surface area contributed by atoms with E-state index in [4.69, 9.17) is 21.1 Å². The average Bonchev–Trinajstić information content (AvgIpc) is 3.28. The molecule has 2 heterocycles. The summed E-state index contributed by atoms with van der Waals surface area (Å²) in [5.41, 5.74) is 0.930. The van der Waals surface area contributed by atoms with Crippen LogP contribution < -0.4 is 9.47 Å². The van der Waals surface area contributed by atoms with Crippen molar-refractivity contribution in [2.75, 3.05) is 39.4 Å². The van der Waals surface area contributed by atoms with Crippen molar-refractivity contribution in [3.05, 3.63) is 53.1 Å². The summed E-state index contributed by atoms with van der Waals surface area (Å²) in [4.78, 5) is 14.6. The Morgan fingerprint density at radius 1 is 1.03 bits per heavy atom. The van der Waals surface area contributed by atoms with Crippen LogP contribution in [-0.4, -0.2) is 62.9 Å². The zero-order chi connectivity index (χ0) is 22.6. The summed E-state index contributed by atoms with van der Waals surface area (Å²) in [5.74, 6) is 1.58. The Kier molecular flexibility index (Phi) is 7.23. The van der Waals surface area contributed by atoms with Gasteiger partial charge in [-0.2, -0.15) is 4.31 Å². The Hall–Kier alpha value is -2.29. The Balaban J connectivity index is 1.20. The molecule has 4 rings (SSSR count). The molecule has 2 aromatic rings. The molecule has 1 amide bonds. The number of piperazine rings is 1. The van der Waals surface area contributed by atoms with Crippen molar-refractivity contribution in [3.8, 4) is 11.5 Å². The first kappa shape index (κ1) is 22.9. The number of carbonyl (C=O) groups is 1. The van der Waals surface area contributed by atoms with Crippen LogP contribution in [0.1, 0.15) is 24.8 Å². The maximum absolute atomic E-state index is 13.0. The lowest BCUT2D eigenvalue weighted by Crippen LogP contribution is -2.50. The number of hydrogen-bond donors (Lipinski definition) is 0. The summed E-state index contributed by atoms with van der Waals surface area (Å²) in [7, 11) is -3.57. The van der Waals surface area contributed by atoms with Gasteiger partial charge in [-0.3, -0.25) is 4.79 Å². The number of fused-ring (bicyclic) bond motifs is 1. The zero-order valence-corrected chi connectivity index (χ0v) is 19.4. The molecular formula is C23H27ClN2O5S. The summed E-state index contributed by atoms with van der Waals surface area (Å²) < 4.78 is 38.6. The number of rotatable bonds is 8. The molecule has 0 aliphatic carbocycles. The van der Waals surface area contributed by atoms with Crippen LogP contribution in [0, 0.1) is 0 Å². The van der Waals surface area contributed by atoms with Crippen molar-refractivity contribution in [2.45, 2.75) is 30.6 Å². The van der Waals surface area contributed by atoms with Crippen molar-refractivity contribution in [3.63, 3.8) is 0 Å². The highest BCUT2D eigenvalue weighted by molar-refractivity contribution is 7.89. The minimum absolute atomic E-state index is 0.0585. The lowest BCUT2D eigenvalue weighted by molar-refractivity contribution is -0.132. The van der Waals surface area contributed by atoms with Crippen LogP contribution in [0.2, 0.25) is 5.02 Å². The molecule has 1 fully saturated rings. The van der Waals surface area contributed by atoms with Gasteiger partial charge < -0.3 is 14.4 Å². The Labute approximate surface area is 193 Å². The van der Waals surface area contributed by atoms with Gasteiger partial charge in [0.2, 0.25) is 15.9 Å². The molecule has 0 unspecified atom stereocenters. The van der Waals surface area contributed by atoms with Gasteiger partial charge in [0.15, 0.2) is 0 Å². The number of unbranched alkanes of at least 4 members (excludes halogenated alkanes) is 1. The molecule has 32 heavy (non-hydrogen) atoms. The third-order valence-corrected chi connectivity index (χ3v) is 7.90. The van der Waals surface area contributed by atoms with Crippen molar-refractivity contribution >= 4 is 27.5 Å². The largest absolute Gasteiger partial charge is 0.494 e. The van der Waals surface area contributed by atoms with Crippen LogP contribution >= 0.6 is 11.6 Å². The summed E-state index contributed by atoms with van der Waals surface area (Å²) in [6, 6.07) is 12.2. The number of benzene rings is 2. The van der Waals surface area contributed by atoms with E-state index in [0.717, 1.165) is 36.3 Å². The van der Waals surface area contributed by atoms with Crippen LogP contribution in [0.3, 0.4) is 0 Å². The monoisotopic (exact) mass is 478 g/mol. The van der Waals surface area contributed by atoms with Crippen molar-refractivity contribution in [1.82, 2.24) is 9.21 Å². The molecule has 0 radical (unpaired) electrons. The van der Waals surface area contributed by atoms with Gasteiger partial charge in [0, 0.05) is 44.0 Å². The first-order valence-corrected chi connectivity index (χ1v) is 12.7. The van der Waals surface area contributed by atoms with E-state index in [-0.39, 0.29) is 5.91 Å². The van der Waals surface area contributed by atoms with E-state index in [2.05, 4.69) is 0 Å². The van der Waals surface area contributed by atoms with Crippen molar-refractivity contribution in [1.29, 1.82) is 0 Å². The molecule has 0 N–H and O–H groups in total. The highest BCUT2D eigenvalue weighted by Crippen LogP contribution is 2.29. The van der Waals surface area contributed by atoms with Gasteiger partial charge in [-0.1, -0.05) is 11.6 Å². The van der Waals surface area contributed by atoms with E-state index in [1.54, 1.807) is 35.2 Å². The molecule has 0 bridgehead atoms. The van der Waals surface area contributed by atoms with E-state index < -0.39 is 10.0 Å². The van der Waals surface area contributed by atoms with Crippen LogP contribution in [0.15, 0.2) is 47.4 Å². The molecule has 1 saturated heterocycles. The number of sulfonamides is 1. The fourth-order valence-electron chi connectivity index (χ4n) is 3.91.